The summed E-state index contributed by atoms with van der Waals surface area (Å²) in [5, 5.41) is 6.20. The maximum atomic E-state index is 12.6. The Morgan fingerprint density at radius 1 is 1.00 bits per heavy atom. The third-order valence-electron chi connectivity index (χ3n) is 4.55. The second-order valence-electron chi connectivity index (χ2n) is 6.26. The molecule has 0 aliphatic carbocycles. The molecule has 0 unspecified atom stereocenters. The monoisotopic (exact) mass is 364 g/mol. The van der Waals surface area contributed by atoms with Crippen LogP contribution in [0.3, 0.4) is 0 Å². The minimum Gasteiger partial charge on any atom is -0.354 e. The standard InChI is InChI=1S/C21H17ClN2O2/c22-11-3-6-19(25)14-8-9-17-15(12-14)20(21(26)24-17)18-10-7-13-4-1-2-5-16(13)23-18/h1-2,4-5,7-10,12,23H,3,6,11H2,(H,24,26)/b20-18-. The number of carbonyl (C=O) groups is 2. The first-order valence-corrected chi connectivity index (χ1v) is 9.04. The molecular weight excluding hydrogens is 348 g/mol. The fraction of sp³-hybridized carbons (Fsp3) is 0.143. The van der Waals surface area contributed by atoms with Gasteiger partial charge < -0.3 is 10.6 Å². The smallest absolute Gasteiger partial charge is 0.258 e. The molecule has 0 saturated carbocycles. The van der Waals surface area contributed by atoms with Crippen LogP contribution >= 0.6 is 11.6 Å². The van der Waals surface area contributed by atoms with Crippen molar-refractivity contribution in [3.8, 4) is 0 Å². The van der Waals surface area contributed by atoms with Crippen molar-refractivity contribution in [1.82, 2.24) is 0 Å². The number of para-hydroxylation sites is 1. The van der Waals surface area contributed by atoms with Crippen molar-refractivity contribution in [2.75, 3.05) is 16.5 Å². The molecule has 0 radical (unpaired) electrons. The first-order chi connectivity index (χ1) is 12.7. The van der Waals surface area contributed by atoms with E-state index >= 15 is 0 Å². The molecule has 1 amide bonds. The molecule has 26 heavy (non-hydrogen) atoms. The predicted molar refractivity (Wildman–Crippen MR) is 105 cm³/mol. The Balaban J connectivity index is 1.74. The second kappa shape index (κ2) is 6.81. The molecule has 2 N–H and O–H groups in total. The number of fused-ring (bicyclic) bond motifs is 2. The Morgan fingerprint density at radius 3 is 2.69 bits per heavy atom. The number of alkyl halides is 1. The van der Waals surface area contributed by atoms with Crippen LogP contribution in [0.15, 0.2) is 54.2 Å². The summed E-state index contributed by atoms with van der Waals surface area (Å²) in [6.07, 6.45) is 4.92. The van der Waals surface area contributed by atoms with Gasteiger partial charge in [-0.3, -0.25) is 9.59 Å². The van der Waals surface area contributed by atoms with E-state index in [1.165, 1.54) is 0 Å². The van der Waals surface area contributed by atoms with Crippen molar-refractivity contribution in [1.29, 1.82) is 0 Å². The fourth-order valence-electron chi connectivity index (χ4n) is 3.24. The minimum atomic E-state index is -0.170. The van der Waals surface area contributed by atoms with Gasteiger partial charge >= 0.3 is 0 Å². The number of benzene rings is 2. The quantitative estimate of drug-likeness (QED) is 0.470. The summed E-state index contributed by atoms with van der Waals surface area (Å²) in [5.41, 5.74) is 5.37. The molecule has 130 valence electrons. The third-order valence-corrected chi connectivity index (χ3v) is 4.82. The van der Waals surface area contributed by atoms with E-state index in [2.05, 4.69) is 10.6 Å². The number of hydrogen-bond acceptors (Lipinski definition) is 3. The van der Waals surface area contributed by atoms with Gasteiger partial charge in [0, 0.05) is 34.8 Å². The van der Waals surface area contributed by atoms with Crippen LogP contribution in [0.25, 0.3) is 11.6 Å². The first kappa shape index (κ1) is 16.6. The number of Topliss-reactive ketones (excluding diaryl/α,β-unsaturated/α-hetero) is 1. The highest BCUT2D eigenvalue weighted by atomic mass is 35.5. The van der Waals surface area contributed by atoms with Crippen molar-refractivity contribution >= 4 is 46.3 Å². The van der Waals surface area contributed by atoms with Crippen LogP contribution in [0.5, 0.6) is 0 Å². The van der Waals surface area contributed by atoms with E-state index < -0.39 is 0 Å². The van der Waals surface area contributed by atoms with Gasteiger partial charge in [0.25, 0.3) is 5.91 Å². The normalized spacial score (nSPS) is 17.3. The van der Waals surface area contributed by atoms with Gasteiger partial charge in [-0.25, -0.2) is 0 Å². The van der Waals surface area contributed by atoms with Gasteiger partial charge in [-0.15, -0.1) is 11.6 Å². The Bertz CT molecular complexity index is 976. The van der Waals surface area contributed by atoms with Gasteiger partial charge in [-0.1, -0.05) is 24.3 Å². The van der Waals surface area contributed by atoms with E-state index in [4.69, 9.17) is 11.6 Å². The number of carbonyl (C=O) groups excluding carboxylic acids is 2. The van der Waals surface area contributed by atoms with Crippen molar-refractivity contribution in [3.05, 3.63) is 70.9 Å². The maximum Gasteiger partial charge on any atom is 0.258 e. The summed E-state index contributed by atoms with van der Waals surface area (Å²) in [4.78, 5) is 24.9. The van der Waals surface area contributed by atoms with E-state index in [1.54, 1.807) is 18.2 Å². The lowest BCUT2D eigenvalue weighted by molar-refractivity contribution is -0.110. The van der Waals surface area contributed by atoms with Gasteiger partial charge in [0.1, 0.15) is 0 Å². The summed E-state index contributed by atoms with van der Waals surface area (Å²) in [6, 6.07) is 13.2. The number of allylic oxidation sites excluding steroid dienone is 1. The number of rotatable bonds is 4. The van der Waals surface area contributed by atoms with E-state index in [-0.39, 0.29) is 11.7 Å². The van der Waals surface area contributed by atoms with Crippen LogP contribution in [0.4, 0.5) is 11.4 Å². The molecule has 2 aromatic carbocycles. The van der Waals surface area contributed by atoms with Crippen LogP contribution in [0, 0.1) is 0 Å². The average molecular weight is 365 g/mol. The van der Waals surface area contributed by atoms with Crippen LogP contribution < -0.4 is 10.6 Å². The third kappa shape index (κ3) is 2.93. The Labute approximate surface area is 156 Å². The number of nitrogens with one attached hydrogen (secondary N) is 2. The molecule has 2 aromatic rings. The topological polar surface area (TPSA) is 58.2 Å². The molecule has 5 heteroatoms. The molecule has 4 rings (SSSR count). The Hall–Kier alpha value is -2.85. The zero-order chi connectivity index (χ0) is 18.1. The molecule has 2 aliphatic heterocycles. The second-order valence-corrected chi connectivity index (χ2v) is 6.64. The van der Waals surface area contributed by atoms with Gasteiger partial charge in [-0.05, 0) is 42.3 Å². The minimum absolute atomic E-state index is 0.0367. The summed E-state index contributed by atoms with van der Waals surface area (Å²) < 4.78 is 0. The van der Waals surface area contributed by atoms with E-state index in [1.807, 2.05) is 36.4 Å². The lowest BCUT2D eigenvalue weighted by Crippen LogP contribution is -2.11. The predicted octanol–water partition coefficient (Wildman–Crippen LogP) is 4.69. The van der Waals surface area contributed by atoms with Gasteiger partial charge in [0.2, 0.25) is 0 Å². The number of hydrogen-bond donors (Lipinski definition) is 2. The van der Waals surface area contributed by atoms with Crippen LogP contribution in [0.1, 0.15) is 34.3 Å². The highest BCUT2D eigenvalue weighted by Gasteiger charge is 2.28. The molecular formula is C21H17ClN2O2. The van der Waals surface area contributed by atoms with E-state index in [0.29, 0.717) is 29.9 Å². The molecule has 2 aliphatic rings. The fourth-order valence-corrected chi connectivity index (χ4v) is 3.38. The van der Waals surface area contributed by atoms with Gasteiger partial charge in [-0.2, -0.15) is 0 Å². The zero-order valence-electron chi connectivity index (χ0n) is 14.0. The van der Waals surface area contributed by atoms with Crippen LogP contribution in [-0.2, 0) is 4.79 Å². The molecule has 0 aromatic heterocycles. The Morgan fingerprint density at radius 2 is 1.85 bits per heavy atom. The summed E-state index contributed by atoms with van der Waals surface area (Å²) in [7, 11) is 0. The maximum absolute atomic E-state index is 12.6. The van der Waals surface area contributed by atoms with Crippen LogP contribution in [0.2, 0.25) is 0 Å². The van der Waals surface area contributed by atoms with Crippen molar-refractivity contribution in [2.45, 2.75) is 12.8 Å². The van der Waals surface area contributed by atoms with Gasteiger partial charge in [0.15, 0.2) is 5.78 Å². The molecule has 4 nitrogen and oxygen atoms in total. The average Bonchev–Trinajstić information content (AvgIpc) is 3.00. The van der Waals surface area contributed by atoms with Crippen molar-refractivity contribution < 1.29 is 9.59 Å². The molecule has 0 atom stereocenters. The number of halogens is 1. The van der Waals surface area contributed by atoms with Crippen molar-refractivity contribution in [3.63, 3.8) is 0 Å². The highest BCUT2D eigenvalue weighted by molar-refractivity contribution is 6.33. The van der Waals surface area contributed by atoms with Gasteiger partial charge in [0.05, 0.1) is 11.3 Å². The molecule has 0 spiro atoms. The molecule has 0 fully saturated rings. The molecule has 0 bridgehead atoms. The number of ketones is 1. The largest absolute Gasteiger partial charge is 0.354 e. The zero-order valence-corrected chi connectivity index (χ0v) is 14.8. The first-order valence-electron chi connectivity index (χ1n) is 8.51. The summed E-state index contributed by atoms with van der Waals surface area (Å²) in [6.45, 7) is 0. The molecule has 0 saturated heterocycles. The van der Waals surface area contributed by atoms with E-state index in [0.717, 1.165) is 28.2 Å². The lowest BCUT2D eigenvalue weighted by Gasteiger charge is -2.17. The van der Waals surface area contributed by atoms with Crippen molar-refractivity contribution in [2.24, 2.45) is 0 Å². The number of anilines is 2. The molecule has 2 heterocycles. The Kier molecular flexibility index (Phi) is 4.35. The van der Waals surface area contributed by atoms with E-state index in [9.17, 15) is 9.59 Å². The lowest BCUT2D eigenvalue weighted by atomic mass is 9.97. The summed E-state index contributed by atoms with van der Waals surface area (Å²) in [5.74, 6) is 0.326. The summed E-state index contributed by atoms with van der Waals surface area (Å²) >= 11 is 5.68. The highest BCUT2D eigenvalue weighted by Crippen LogP contribution is 2.37. The van der Waals surface area contributed by atoms with Crippen LogP contribution in [-0.4, -0.2) is 17.6 Å². The number of amides is 1. The SMILES string of the molecule is O=C1Nc2ccc(C(=O)CCCCl)cc2/C1=C1\C=Cc2ccccc2N1.